The van der Waals surface area contributed by atoms with Gasteiger partial charge in [-0.15, -0.1) is 0 Å². The molecule has 3 atom stereocenters. The molecule has 2 aliphatic heterocycles. The van der Waals surface area contributed by atoms with Crippen LogP contribution in [-0.2, 0) is 0 Å². The number of benzene rings is 3. The summed E-state index contributed by atoms with van der Waals surface area (Å²) in [5, 5.41) is 7.11. The Bertz CT molecular complexity index is 1050. The van der Waals surface area contributed by atoms with Crippen molar-refractivity contribution in [3.05, 3.63) is 88.9 Å². The third-order valence-corrected chi connectivity index (χ3v) is 6.58. The van der Waals surface area contributed by atoms with Crippen molar-refractivity contribution in [2.24, 2.45) is 0 Å². The highest BCUT2D eigenvalue weighted by Gasteiger charge is 2.53. The van der Waals surface area contributed by atoms with Crippen LogP contribution in [0.2, 0.25) is 5.02 Å². The smallest absolute Gasteiger partial charge is 0.315 e. The number of carbonyl (C=O) groups is 1. The number of halogens is 1. The zero-order chi connectivity index (χ0) is 20.7. The van der Waals surface area contributed by atoms with Crippen LogP contribution in [0.5, 0.6) is 0 Å². The standard InChI is InChI=1S/C25H24ClN3O/c1-16-4-2-3-5-21(16)17-6-8-18(9-7-17)24-22-14-27-15-23(24)29(22)25(30)28-20-12-10-19(26)11-13-20/h2-13,22-24,27H,14-15H2,1H3,(H,28,30)/t22-,23+,24?. The molecular formula is C25H24ClN3O. The molecule has 3 aromatic rings. The number of piperidine rings is 1. The van der Waals surface area contributed by atoms with Gasteiger partial charge in [-0.25, -0.2) is 4.79 Å². The summed E-state index contributed by atoms with van der Waals surface area (Å²) in [4.78, 5) is 14.9. The van der Waals surface area contributed by atoms with E-state index in [0.717, 1.165) is 18.8 Å². The SMILES string of the molecule is Cc1ccccc1-c1ccc(C2[C@H]3CNC[C@@H]2N3C(=O)Nc2ccc(Cl)cc2)cc1. The number of rotatable bonds is 3. The van der Waals surface area contributed by atoms with E-state index >= 15 is 0 Å². The minimum atomic E-state index is -0.0402. The van der Waals surface area contributed by atoms with E-state index in [2.05, 4.69) is 66.1 Å². The van der Waals surface area contributed by atoms with E-state index in [1.165, 1.54) is 22.3 Å². The van der Waals surface area contributed by atoms with E-state index in [1.807, 2.05) is 17.0 Å². The summed E-state index contributed by atoms with van der Waals surface area (Å²) < 4.78 is 0. The number of anilines is 1. The maximum Gasteiger partial charge on any atom is 0.322 e. The first kappa shape index (κ1) is 19.2. The Hall–Kier alpha value is -2.82. The van der Waals surface area contributed by atoms with E-state index in [4.69, 9.17) is 11.6 Å². The van der Waals surface area contributed by atoms with Crippen LogP contribution in [0.15, 0.2) is 72.8 Å². The van der Waals surface area contributed by atoms with Crippen LogP contribution in [0.3, 0.4) is 0 Å². The minimum Gasteiger partial charge on any atom is -0.315 e. The lowest BCUT2D eigenvalue weighted by atomic mass is 9.72. The molecule has 0 aliphatic carbocycles. The molecule has 2 amide bonds. The summed E-state index contributed by atoms with van der Waals surface area (Å²) in [5.41, 5.74) is 5.85. The lowest BCUT2D eigenvalue weighted by Crippen LogP contribution is -2.74. The molecule has 1 unspecified atom stereocenters. The molecular weight excluding hydrogens is 394 g/mol. The van der Waals surface area contributed by atoms with Gasteiger partial charge in [-0.3, -0.25) is 0 Å². The Morgan fingerprint density at radius 3 is 2.30 bits per heavy atom. The number of amides is 2. The van der Waals surface area contributed by atoms with Gasteiger partial charge in [0.15, 0.2) is 0 Å². The molecule has 5 rings (SSSR count). The van der Waals surface area contributed by atoms with Crippen LogP contribution in [0.1, 0.15) is 17.0 Å². The van der Waals surface area contributed by atoms with E-state index in [9.17, 15) is 4.79 Å². The summed E-state index contributed by atoms with van der Waals surface area (Å²) >= 11 is 5.94. The first-order chi connectivity index (χ1) is 14.6. The van der Waals surface area contributed by atoms with Gasteiger partial charge in [0.05, 0.1) is 12.1 Å². The van der Waals surface area contributed by atoms with Gasteiger partial charge in [0, 0.05) is 29.7 Å². The van der Waals surface area contributed by atoms with Gasteiger partial charge < -0.3 is 15.5 Å². The summed E-state index contributed by atoms with van der Waals surface area (Å²) in [6, 6.07) is 24.8. The first-order valence-electron chi connectivity index (χ1n) is 10.3. The fraction of sp³-hybridized carbons (Fsp3) is 0.240. The normalized spacial score (nSPS) is 22.3. The van der Waals surface area contributed by atoms with E-state index < -0.39 is 0 Å². The van der Waals surface area contributed by atoms with Gasteiger partial charge in [-0.05, 0) is 53.4 Å². The number of urea groups is 1. The molecule has 3 aromatic carbocycles. The van der Waals surface area contributed by atoms with Crippen LogP contribution in [0.25, 0.3) is 11.1 Å². The summed E-state index contributed by atoms with van der Waals surface area (Å²) in [6.07, 6.45) is 0. The summed E-state index contributed by atoms with van der Waals surface area (Å²) in [6.45, 7) is 3.77. The van der Waals surface area contributed by atoms with E-state index in [0.29, 0.717) is 10.9 Å². The topological polar surface area (TPSA) is 44.4 Å². The molecule has 0 radical (unpaired) electrons. The second-order valence-electron chi connectivity index (χ2n) is 8.10. The fourth-order valence-electron chi connectivity index (χ4n) is 4.83. The van der Waals surface area contributed by atoms with E-state index in [1.54, 1.807) is 12.1 Å². The van der Waals surface area contributed by atoms with Crippen LogP contribution in [-0.4, -0.2) is 36.1 Å². The Morgan fingerprint density at radius 2 is 1.63 bits per heavy atom. The maximum absolute atomic E-state index is 12.9. The van der Waals surface area contributed by atoms with Gasteiger partial charge in [0.2, 0.25) is 0 Å². The van der Waals surface area contributed by atoms with Gasteiger partial charge >= 0.3 is 6.03 Å². The Morgan fingerprint density at radius 1 is 0.967 bits per heavy atom. The Labute approximate surface area is 181 Å². The number of nitrogens with zero attached hydrogens (tertiary/aromatic N) is 1. The number of carbonyl (C=O) groups excluding carboxylic acids is 1. The number of likely N-dealkylation sites (tertiary alicyclic amines) is 1. The van der Waals surface area contributed by atoms with E-state index in [-0.39, 0.29) is 18.1 Å². The second kappa shape index (κ2) is 7.78. The molecule has 2 fully saturated rings. The molecule has 0 saturated carbocycles. The lowest BCUT2D eigenvalue weighted by Gasteiger charge is -2.59. The molecule has 2 aliphatic rings. The maximum atomic E-state index is 12.9. The van der Waals surface area contributed by atoms with Gasteiger partial charge in [-0.2, -0.15) is 0 Å². The quantitative estimate of drug-likeness (QED) is 0.608. The summed E-state index contributed by atoms with van der Waals surface area (Å²) in [5.74, 6) is 0.369. The average Bonchev–Trinajstić information content (AvgIpc) is 2.77. The highest BCUT2D eigenvalue weighted by atomic mass is 35.5. The molecule has 4 nitrogen and oxygen atoms in total. The largest absolute Gasteiger partial charge is 0.322 e. The van der Waals surface area contributed by atoms with Crippen molar-refractivity contribution in [2.45, 2.75) is 24.9 Å². The van der Waals surface area contributed by atoms with Crippen molar-refractivity contribution in [2.75, 3.05) is 18.4 Å². The molecule has 0 spiro atoms. The number of aryl methyl sites for hydroxylation is 1. The molecule has 5 heteroatoms. The Kier molecular flexibility index (Phi) is 4.97. The number of nitrogens with one attached hydrogen (secondary N) is 2. The molecule has 0 aromatic heterocycles. The van der Waals surface area contributed by atoms with Crippen molar-refractivity contribution < 1.29 is 4.79 Å². The number of fused-ring (bicyclic) bond motifs is 2. The van der Waals surface area contributed by atoms with Crippen LogP contribution in [0, 0.1) is 6.92 Å². The van der Waals surface area contributed by atoms with Crippen molar-refractivity contribution in [1.82, 2.24) is 10.2 Å². The highest BCUT2D eigenvalue weighted by molar-refractivity contribution is 6.30. The third kappa shape index (κ3) is 3.36. The number of hydrogen-bond acceptors (Lipinski definition) is 2. The predicted molar refractivity (Wildman–Crippen MR) is 122 cm³/mol. The fourth-order valence-corrected chi connectivity index (χ4v) is 4.95. The van der Waals surface area contributed by atoms with Crippen molar-refractivity contribution in [3.63, 3.8) is 0 Å². The number of hydrogen-bond donors (Lipinski definition) is 2. The van der Waals surface area contributed by atoms with Crippen LogP contribution < -0.4 is 10.6 Å². The van der Waals surface area contributed by atoms with Crippen molar-refractivity contribution in [3.8, 4) is 11.1 Å². The second-order valence-corrected chi connectivity index (χ2v) is 8.54. The monoisotopic (exact) mass is 417 g/mol. The molecule has 30 heavy (non-hydrogen) atoms. The zero-order valence-electron chi connectivity index (χ0n) is 16.8. The molecule has 2 heterocycles. The number of piperazine rings is 1. The molecule has 2 saturated heterocycles. The molecule has 2 bridgehead atoms. The van der Waals surface area contributed by atoms with Gasteiger partial charge in [-0.1, -0.05) is 60.1 Å². The lowest BCUT2D eigenvalue weighted by molar-refractivity contribution is 0.00202. The van der Waals surface area contributed by atoms with Crippen LogP contribution in [0.4, 0.5) is 10.5 Å². The molecule has 2 N–H and O–H groups in total. The van der Waals surface area contributed by atoms with Gasteiger partial charge in [0.25, 0.3) is 0 Å². The first-order valence-corrected chi connectivity index (χ1v) is 10.7. The molecule has 152 valence electrons. The third-order valence-electron chi connectivity index (χ3n) is 6.33. The van der Waals surface area contributed by atoms with Gasteiger partial charge in [0.1, 0.15) is 0 Å². The average molecular weight is 418 g/mol. The van der Waals surface area contributed by atoms with Crippen molar-refractivity contribution in [1.29, 1.82) is 0 Å². The Balaban J connectivity index is 1.32. The van der Waals surface area contributed by atoms with Crippen LogP contribution >= 0.6 is 11.6 Å². The summed E-state index contributed by atoms with van der Waals surface area (Å²) in [7, 11) is 0. The zero-order valence-corrected chi connectivity index (χ0v) is 17.6. The van der Waals surface area contributed by atoms with Crippen molar-refractivity contribution >= 4 is 23.3 Å². The minimum absolute atomic E-state index is 0.0402. The highest BCUT2D eigenvalue weighted by Crippen LogP contribution is 2.43. The predicted octanol–water partition coefficient (Wildman–Crippen LogP) is 5.29.